The normalized spacial score (nSPS) is 11.2. The Hall–Kier alpha value is -4.02. The van der Waals surface area contributed by atoms with Crippen molar-refractivity contribution >= 4 is 27.8 Å². The van der Waals surface area contributed by atoms with E-state index in [4.69, 9.17) is 9.47 Å². The van der Waals surface area contributed by atoms with E-state index in [2.05, 4.69) is 10.4 Å². The van der Waals surface area contributed by atoms with E-state index in [-0.39, 0.29) is 21.8 Å². The number of pyridine rings is 1. The second kappa shape index (κ2) is 10.5. The van der Waals surface area contributed by atoms with Gasteiger partial charge in [0.2, 0.25) is 0 Å². The van der Waals surface area contributed by atoms with Crippen LogP contribution in [0, 0.1) is 0 Å². The van der Waals surface area contributed by atoms with Crippen LogP contribution in [-0.4, -0.2) is 39.3 Å². The van der Waals surface area contributed by atoms with E-state index in [1.165, 1.54) is 55.9 Å². The van der Waals surface area contributed by atoms with Crippen LogP contribution in [0.5, 0.6) is 11.5 Å². The number of amides is 1. The summed E-state index contributed by atoms with van der Waals surface area (Å²) in [5.74, 6) is -0.385. The smallest absolute Gasteiger partial charge is 0.266 e. The van der Waals surface area contributed by atoms with Crippen LogP contribution in [0.1, 0.15) is 26.3 Å². The number of hydrogen-bond acceptors (Lipinski definition) is 7. The summed E-state index contributed by atoms with van der Waals surface area (Å²) in [4.78, 5) is 30.3. The number of allylic oxidation sites excluding steroid dienone is 1. The first-order valence-electron chi connectivity index (χ1n) is 9.61. The molecule has 0 saturated carbocycles. The van der Waals surface area contributed by atoms with E-state index < -0.39 is 21.7 Å². The third kappa shape index (κ3) is 6.03. The Balaban J connectivity index is 1.79. The van der Waals surface area contributed by atoms with Crippen molar-refractivity contribution in [3.8, 4) is 11.5 Å². The SMILES string of the molecule is COc1ccc(/C=C/C(=O)c2ccc(OC)c(S(=O)(=O)NNC(=O)c3ccncc3)c2)cc1. The molecule has 170 valence electrons. The van der Waals surface area contributed by atoms with Gasteiger partial charge in [-0.2, -0.15) is 0 Å². The molecule has 0 saturated heterocycles. The molecule has 3 aromatic rings. The highest BCUT2D eigenvalue weighted by atomic mass is 32.2. The fourth-order valence-corrected chi connectivity index (χ4v) is 3.80. The largest absolute Gasteiger partial charge is 0.497 e. The molecule has 0 radical (unpaired) electrons. The Morgan fingerprint density at radius 2 is 1.61 bits per heavy atom. The molecular weight excluding hydrogens is 446 g/mol. The minimum absolute atomic E-state index is 0.0105. The lowest BCUT2D eigenvalue weighted by atomic mass is 10.1. The maximum Gasteiger partial charge on any atom is 0.266 e. The number of nitrogens with one attached hydrogen (secondary N) is 2. The van der Waals surface area contributed by atoms with E-state index in [1.807, 2.05) is 4.83 Å². The quantitative estimate of drug-likeness (QED) is 0.282. The number of sulfonamides is 1. The van der Waals surface area contributed by atoms with Crippen molar-refractivity contribution in [2.45, 2.75) is 4.90 Å². The lowest BCUT2D eigenvalue weighted by Gasteiger charge is -2.12. The fraction of sp³-hybridized carbons (Fsp3) is 0.0870. The molecule has 0 spiro atoms. The van der Waals surface area contributed by atoms with Crippen molar-refractivity contribution < 1.29 is 27.5 Å². The van der Waals surface area contributed by atoms with Gasteiger partial charge in [-0.3, -0.25) is 20.0 Å². The van der Waals surface area contributed by atoms with Crippen LogP contribution in [0.4, 0.5) is 0 Å². The molecular formula is C23H21N3O6S. The number of ketones is 1. The fourth-order valence-electron chi connectivity index (χ4n) is 2.77. The number of nitrogens with zero attached hydrogens (tertiary/aromatic N) is 1. The van der Waals surface area contributed by atoms with Crippen molar-refractivity contribution in [2.24, 2.45) is 0 Å². The number of methoxy groups -OCH3 is 2. The van der Waals surface area contributed by atoms with Crippen molar-refractivity contribution in [3.63, 3.8) is 0 Å². The number of rotatable bonds is 9. The molecule has 0 unspecified atom stereocenters. The van der Waals surface area contributed by atoms with Crippen LogP contribution in [0.15, 0.2) is 78.0 Å². The van der Waals surface area contributed by atoms with Gasteiger partial charge in [0.1, 0.15) is 16.4 Å². The summed E-state index contributed by atoms with van der Waals surface area (Å²) in [6.45, 7) is 0. The molecule has 0 bridgehead atoms. The Morgan fingerprint density at radius 1 is 0.909 bits per heavy atom. The number of aromatic nitrogens is 1. The Bertz CT molecular complexity index is 1270. The van der Waals surface area contributed by atoms with Gasteiger partial charge in [0, 0.05) is 23.5 Å². The van der Waals surface area contributed by atoms with Gasteiger partial charge in [-0.05, 0) is 54.1 Å². The summed E-state index contributed by atoms with van der Waals surface area (Å²) in [6.07, 6.45) is 5.74. The van der Waals surface area contributed by atoms with Crippen molar-refractivity contribution in [1.82, 2.24) is 15.2 Å². The number of benzene rings is 2. The number of carbonyl (C=O) groups excluding carboxylic acids is 2. The number of hydrogen-bond donors (Lipinski definition) is 2. The predicted molar refractivity (Wildman–Crippen MR) is 121 cm³/mol. The summed E-state index contributed by atoms with van der Waals surface area (Å²) in [5.41, 5.74) is 3.24. The maximum absolute atomic E-state index is 12.8. The molecule has 0 aliphatic heterocycles. The molecule has 9 nitrogen and oxygen atoms in total. The van der Waals surface area contributed by atoms with Gasteiger partial charge in [-0.15, -0.1) is 4.83 Å². The zero-order valence-electron chi connectivity index (χ0n) is 17.8. The molecule has 10 heteroatoms. The lowest BCUT2D eigenvalue weighted by molar-refractivity contribution is 0.0944. The number of hydrazine groups is 1. The molecule has 1 aromatic heterocycles. The molecule has 0 fully saturated rings. The Labute approximate surface area is 191 Å². The van der Waals surface area contributed by atoms with E-state index in [0.717, 1.165) is 5.56 Å². The van der Waals surface area contributed by atoms with Crippen LogP contribution in [0.25, 0.3) is 6.08 Å². The molecule has 0 atom stereocenters. The third-order valence-electron chi connectivity index (χ3n) is 4.52. The highest BCUT2D eigenvalue weighted by Gasteiger charge is 2.22. The number of ether oxygens (including phenoxy) is 2. The van der Waals surface area contributed by atoms with Gasteiger partial charge in [0.15, 0.2) is 5.78 Å². The van der Waals surface area contributed by atoms with Crippen LogP contribution >= 0.6 is 0 Å². The Morgan fingerprint density at radius 3 is 2.24 bits per heavy atom. The van der Waals surface area contributed by atoms with Crippen LogP contribution in [-0.2, 0) is 10.0 Å². The van der Waals surface area contributed by atoms with Crippen molar-refractivity contribution in [3.05, 3.63) is 89.8 Å². The standard InChI is InChI=1S/C23H21N3O6S/c1-31-19-7-3-16(4-8-19)5-9-20(27)18-6-10-21(32-2)22(15-18)33(29,30)26-25-23(28)17-11-13-24-14-12-17/h3-15,26H,1-2H3,(H,25,28)/b9-5+. The van der Waals surface area contributed by atoms with E-state index in [1.54, 1.807) is 37.5 Å². The summed E-state index contributed by atoms with van der Waals surface area (Å²) in [7, 11) is -1.39. The molecule has 1 amide bonds. The lowest BCUT2D eigenvalue weighted by Crippen LogP contribution is -2.41. The maximum atomic E-state index is 12.8. The average molecular weight is 468 g/mol. The Kier molecular flexibility index (Phi) is 7.54. The van der Waals surface area contributed by atoms with Gasteiger partial charge in [-0.1, -0.05) is 18.2 Å². The highest BCUT2D eigenvalue weighted by Crippen LogP contribution is 2.25. The second-order valence-corrected chi connectivity index (χ2v) is 8.28. The summed E-state index contributed by atoms with van der Waals surface area (Å²) >= 11 is 0. The first-order chi connectivity index (χ1) is 15.8. The van der Waals surface area contributed by atoms with Gasteiger partial charge < -0.3 is 9.47 Å². The molecule has 0 aliphatic rings. The van der Waals surface area contributed by atoms with Gasteiger partial charge in [0.05, 0.1) is 14.2 Å². The molecule has 3 rings (SSSR count). The molecule has 1 heterocycles. The minimum atomic E-state index is -4.25. The highest BCUT2D eigenvalue weighted by molar-refractivity contribution is 7.89. The van der Waals surface area contributed by atoms with E-state index in [9.17, 15) is 18.0 Å². The minimum Gasteiger partial charge on any atom is -0.497 e. The van der Waals surface area contributed by atoms with Gasteiger partial charge in [0.25, 0.3) is 15.9 Å². The van der Waals surface area contributed by atoms with Gasteiger partial charge >= 0.3 is 0 Å². The first kappa shape index (κ1) is 23.6. The first-order valence-corrected chi connectivity index (χ1v) is 11.1. The van der Waals surface area contributed by atoms with Crippen LogP contribution in [0.2, 0.25) is 0 Å². The van der Waals surface area contributed by atoms with Crippen LogP contribution in [0.3, 0.4) is 0 Å². The van der Waals surface area contributed by atoms with Crippen molar-refractivity contribution in [2.75, 3.05) is 14.2 Å². The summed E-state index contributed by atoms with van der Waals surface area (Å²) < 4.78 is 35.8. The van der Waals surface area contributed by atoms with E-state index >= 15 is 0 Å². The van der Waals surface area contributed by atoms with E-state index in [0.29, 0.717) is 5.75 Å². The predicted octanol–water partition coefficient (Wildman–Crippen LogP) is 2.62. The third-order valence-corrected chi connectivity index (χ3v) is 5.79. The molecule has 2 N–H and O–H groups in total. The van der Waals surface area contributed by atoms with Gasteiger partial charge in [-0.25, -0.2) is 8.42 Å². The summed E-state index contributed by atoms with van der Waals surface area (Å²) in [5, 5.41) is 0. The molecule has 2 aromatic carbocycles. The number of carbonyl (C=O) groups is 2. The van der Waals surface area contributed by atoms with Crippen LogP contribution < -0.4 is 19.7 Å². The second-order valence-electron chi connectivity index (χ2n) is 6.63. The summed E-state index contributed by atoms with van der Waals surface area (Å²) in [6, 6.07) is 13.9. The zero-order chi connectivity index (χ0) is 23.8. The van der Waals surface area contributed by atoms with Crippen molar-refractivity contribution in [1.29, 1.82) is 0 Å². The topological polar surface area (TPSA) is 124 Å². The zero-order valence-corrected chi connectivity index (χ0v) is 18.6. The average Bonchev–Trinajstić information content (AvgIpc) is 2.86. The molecule has 0 aliphatic carbocycles. The monoisotopic (exact) mass is 467 g/mol. The molecule has 33 heavy (non-hydrogen) atoms.